The molecule has 2 heterocycles. The predicted molar refractivity (Wildman–Crippen MR) is 109 cm³/mol. The van der Waals surface area contributed by atoms with Gasteiger partial charge in [0, 0.05) is 10.6 Å². The van der Waals surface area contributed by atoms with Crippen LogP contribution in [0, 0.1) is 13.8 Å². The number of aromatic nitrogens is 2. The lowest BCUT2D eigenvalue weighted by Gasteiger charge is -2.10. The fourth-order valence-electron chi connectivity index (χ4n) is 2.61. The highest BCUT2D eigenvalue weighted by Gasteiger charge is 2.07. The van der Waals surface area contributed by atoms with E-state index in [0.717, 1.165) is 21.8 Å². The van der Waals surface area contributed by atoms with Gasteiger partial charge >= 0.3 is 0 Å². The van der Waals surface area contributed by atoms with Gasteiger partial charge in [-0.2, -0.15) is 10.2 Å². The summed E-state index contributed by atoms with van der Waals surface area (Å²) in [4.78, 5) is 13.1. The Hall–Kier alpha value is -3.13. The van der Waals surface area contributed by atoms with Crippen LogP contribution in [0.2, 0.25) is 0 Å². The molecule has 28 heavy (non-hydrogen) atoms. The number of carbonyl (C=O) groups excluding carboxylic acids is 1. The van der Waals surface area contributed by atoms with E-state index in [9.17, 15) is 4.79 Å². The van der Waals surface area contributed by atoms with Crippen molar-refractivity contribution in [2.75, 3.05) is 7.11 Å². The van der Waals surface area contributed by atoms with E-state index in [-0.39, 0.29) is 12.5 Å². The average molecular weight is 398 g/mol. The molecule has 0 aliphatic rings. The number of carbonyl (C=O) groups is 1. The van der Waals surface area contributed by atoms with Crippen LogP contribution in [0.25, 0.3) is 0 Å². The normalized spacial score (nSPS) is 11.0. The number of hydrogen-bond acceptors (Lipinski definition) is 6. The van der Waals surface area contributed by atoms with Gasteiger partial charge in [-0.3, -0.25) is 9.48 Å². The number of methoxy groups -OCH3 is 1. The first-order valence-corrected chi connectivity index (χ1v) is 9.59. The van der Waals surface area contributed by atoms with Crippen LogP contribution in [0.15, 0.2) is 46.9 Å². The van der Waals surface area contributed by atoms with Crippen LogP contribution in [-0.4, -0.2) is 29.0 Å². The fourth-order valence-corrected chi connectivity index (χ4v) is 3.23. The van der Waals surface area contributed by atoms with E-state index in [1.165, 1.54) is 0 Å². The quantitative estimate of drug-likeness (QED) is 0.467. The summed E-state index contributed by atoms with van der Waals surface area (Å²) in [6.45, 7) is 4.41. The van der Waals surface area contributed by atoms with Crippen molar-refractivity contribution in [1.82, 2.24) is 15.2 Å². The third-order valence-electron chi connectivity index (χ3n) is 3.94. The average Bonchev–Trinajstić information content (AvgIpc) is 3.30. The van der Waals surface area contributed by atoms with E-state index in [1.807, 2.05) is 49.6 Å². The summed E-state index contributed by atoms with van der Waals surface area (Å²) in [5, 5.41) is 10.3. The Bertz CT molecular complexity index is 964. The van der Waals surface area contributed by atoms with Gasteiger partial charge in [-0.25, -0.2) is 5.43 Å². The number of amides is 1. The number of hydrazone groups is 1. The predicted octanol–water partition coefficient (Wildman–Crippen LogP) is 3.30. The molecule has 146 valence electrons. The van der Waals surface area contributed by atoms with Gasteiger partial charge in [-0.15, -0.1) is 11.3 Å². The molecule has 2 aromatic heterocycles. The van der Waals surface area contributed by atoms with E-state index in [2.05, 4.69) is 15.6 Å². The third-order valence-corrected chi connectivity index (χ3v) is 4.79. The Morgan fingerprint density at radius 1 is 1.29 bits per heavy atom. The van der Waals surface area contributed by atoms with Crippen LogP contribution < -0.4 is 14.9 Å². The molecule has 3 rings (SSSR count). The standard InChI is InChI=1S/C20H22N4O3S/c1-14-9-15(2)24(23-14)12-20(25)22-21-11-16-6-7-18(19(10-16)26-3)27-13-17-5-4-8-28-17/h4-11H,12-13H2,1-3H3,(H,22,25)/b21-11-. The highest BCUT2D eigenvalue weighted by atomic mass is 32.1. The summed E-state index contributed by atoms with van der Waals surface area (Å²) in [6, 6.07) is 11.4. The van der Waals surface area contributed by atoms with Gasteiger partial charge in [-0.05, 0) is 55.1 Å². The van der Waals surface area contributed by atoms with Crippen molar-refractivity contribution in [2.45, 2.75) is 27.0 Å². The Balaban J connectivity index is 1.57. The van der Waals surface area contributed by atoms with Gasteiger partial charge in [0.05, 0.1) is 19.0 Å². The van der Waals surface area contributed by atoms with Crippen LogP contribution in [0.5, 0.6) is 11.5 Å². The molecule has 1 N–H and O–H groups in total. The molecule has 1 aromatic carbocycles. The number of rotatable bonds is 8. The van der Waals surface area contributed by atoms with Crippen LogP contribution in [0.3, 0.4) is 0 Å². The highest BCUT2D eigenvalue weighted by molar-refractivity contribution is 7.09. The largest absolute Gasteiger partial charge is 0.493 e. The van der Waals surface area contributed by atoms with E-state index in [1.54, 1.807) is 35.4 Å². The fraction of sp³-hybridized carbons (Fsp3) is 0.250. The minimum absolute atomic E-state index is 0.121. The van der Waals surface area contributed by atoms with Crippen molar-refractivity contribution >= 4 is 23.5 Å². The Kier molecular flexibility index (Phi) is 6.44. The molecule has 0 aliphatic heterocycles. The second kappa shape index (κ2) is 9.18. The van der Waals surface area contributed by atoms with Gasteiger partial charge in [0.25, 0.3) is 5.91 Å². The Labute approximate surface area is 167 Å². The van der Waals surface area contributed by atoms with Crippen LogP contribution in [-0.2, 0) is 17.9 Å². The summed E-state index contributed by atoms with van der Waals surface area (Å²) in [5.74, 6) is 1.02. The summed E-state index contributed by atoms with van der Waals surface area (Å²) >= 11 is 1.64. The number of hydrogen-bond donors (Lipinski definition) is 1. The van der Waals surface area contributed by atoms with Gasteiger partial charge in [-0.1, -0.05) is 6.07 Å². The Morgan fingerprint density at radius 3 is 2.82 bits per heavy atom. The molecule has 7 nitrogen and oxygen atoms in total. The molecule has 0 saturated heterocycles. The lowest BCUT2D eigenvalue weighted by Crippen LogP contribution is -2.24. The number of ether oxygens (including phenoxy) is 2. The minimum atomic E-state index is -0.245. The van der Waals surface area contributed by atoms with Crippen molar-refractivity contribution in [3.63, 3.8) is 0 Å². The lowest BCUT2D eigenvalue weighted by atomic mass is 10.2. The molecule has 0 radical (unpaired) electrons. The van der Waals surface area contributed by atoms with Gasteiger partial charge in [0.2, 0.25) is 0 Å². The van der Waals surface area contributed by atoms with Crippen LogP contribution in [0.4, 0.5) is 0 Å². The van der Waals surface area contributed by atoms with E-state index in [4.69, 9.17) is 9.47 Å². The molecule has 0 unspecified atom stereocenters. The molecule has 0 saturated carbocycles. The zero-order chi connectivity index (χ0) is 19.9. The first kappa shape index (κ1) is 19.6. The zero-order valence-electron chi connectivity index (χ0n) is 16.0. The lowest BCUT2D eigenvalue weighted by molar-refractivity contribution is -0.121. The zero-order valence-corrected chi connectivity index (χ0v) is 16.8. The SMILES string of the molecule is COc1cc(/C=N\NC(=O)Cn2nc(C)cc2C)ccc1OCc1cccs1. The van der Waals surface area contributed by atoms with Crippen molar-refractivity contribution < 1.29 is 14.3 Å². The van der Waals surface area contributed by atoms with Crippen LogP contribution >= 0.6 is 11.3 Å². The first-order chi connectivity index (χ1) is 13.5. The third kappa shape index (κ3) is 5.20. The number of nitrogens with zero attached hydrogens (tertiary/aromatic N) is 3. The van der Waals surface area contributed by atoms with Gasteiger partial charge in [0.15, 0.2) is 11.5 Å². The second-order valence-corrected chi connectivity index (χ2v) is 7.19. The summed E-state index contributed by atoms with van der Waals surface area (Å²) < 4.78 is 12.8. The first-order valence-electron chi connectivity index (χ1n) is 8.71. The van der Waals surface area contributed by atoms with E-state index in [0.29, 0.717) is 18.1 Å². The summed E-state index contributed by atoms with van der Waals surface area (Å²) in [7, 11) is 1.59. The van der Waals surface area contributed by atoms with Crippen LogP contribution in [0.1, 0.15) is 21.8 Å². The molecular weight excluding hydrogens is 376 g/mol. The molecule has 8 heteroatoms. The topological polar surface area (TPSA) is 77.7 Å². The monoisotopic (exact) mass is 398 g/mol. The molecule has 3 aromatic rings. The van der Waals surface area contributed by atoms with Crippen molar-refractivity contribution in [2.24, 2.45) is 5.10 Å². The van der Waals surface area contributed by atoms with E-state index >= 15 is 0 Å². The molecule has 0 fully saturated rings. The maximum absolute atomic E-state index is 12.0. The molecule has 0 atom stereocenters. The molecule has 0 aliphatic carbocycles. The smallest absolute Gasteiger partial charge is 0.261 e. The van der Waals surface area contributed by atoms with Crippen molar-refractivity contribution in [1.29, 1.82) is 0 Å². The number of thiophene rings is 1. The van der Waals surface area contributed by atoms with Gasteiger partial charge < -0.3 is 9.47 Å². The van der Waals surface area contributed by atoms with E-state index < -0.39 is 0 Å². The van der Waals surface area contributed by atoms with Crippen molar-refractivity contribution in [3.8, 4) is 11.5 Å². The number of aryl methyl sites for hydroxylation is 2. The number of benzene rings is 1. The summed E-state index contributed by atoms with van der Waals surface area (Å²) in [5.41, 5.74) is 5.10. The molecule has 0 bridgehead atoms. The molecule has 0 spiro atoms. The van der Waals surface area contributed by atoms with Gasteiger partial charge in [0.1, 0.15) is 13.2 Å². The summed E-state index contributed by atoms with van der Waals surface area (Å²) in [6.07, 6.45) is 1.56. The number of nitrogens with one attached hydrogen (secondary N) is 1. The maximum atomic E-state index is 12.0. The maximum Gasteiger partial charge on any atom is 0.261 e. The minimum Gasteiger partial charge on any atom is -0.493 e. The highest BCUT2D eigenvalue weighted by Crippen LogP contribution is 2.28. The van der Waals surface area contributed by atoms with Crippen molar-refractivity contribution in [3.05, 3.63) is 63.6 Å². The second-order valence-electron chi connectivity index (χ2n) is 6.16. The Morgan fingerprint density at radius 2 is 2.14 bits per heavy atom. The molecular formula is C20H22N4O3S. The molecule has 1 amide bonds.